The third kappa shape index (κ3) is 7.35. The molecule has 41 heavy (non-hydrogen) atoms. The Hall–Kier alpha value is -1.10. The van der Waals surface area contributed by atoms with Gasteiger partial charge < -0.3 is 9.47 Å². The molecule has 12 heteroatoms. The van der Waals surface area contributed by atoms with E-state index in [0.29, 0.717) is 39.4 Å². The van der Waals surface area contributed by atoms with Crippen LogP contribution in [0.3, 0.4) is 0 Å². The number of rotatable bonds is 6. The second-order valence-corrected chi connectivity index (χ2v) is 14.3. The van der Waals surface area contributed by atoms with E-state index in [9.17, 15) is 9.59 Å². The zero-order valence-electron chi connectivity index (χ0n) is 20.9. The van der Waals surface area contributed by atoms with Crippen molar-refractivity contribution in [2.75, 3.05) is 0 Å². The van der Waals surface area contributed by atoms with Crippen molar-refractivity contribution in [2.45, 2.75) is 19.3 Å². The number of ether oxygens (including phenoxy) is 2. The number of hydrogen-bond donors (Lipinski definition) is 0. The van der Waals surface area contributed by atoms with Gasteiger partial charge in [-0.05, 0) is 136 Å². The molecule has 0 atom stereocenters. The molecular formula is C29H16Br4Cl4O4. The zero-order chi connectivity index (χ0) is 30.2. The molecule has 4 aromatic carbocycles. The maximum atomic E-state index is 12.8. The van der Waals surface area contributed by atoms with Crippen LogP contribution >= 0.6 is 110 Å². The summed E-state index contributed by atoms with van der Waals surface area (Å²) in [5.41, 5.74) is 1.63. The van der Waals surface area contributed by atoms with Gasteiger partial charge in [-0.25, -0.2) is 9.59 Å². The molecule has 0 spiro atoms. The predicted octanol–water partition coefficient (Wildman–Crippen LogP) is 12.1. The van der Waals surface area contributed by atoms with Gasteiger partial charge in [0.2, 0.25) is 0 Å². The highest BCUT2D eigenvalue weighted by atomic mass is 79.9. The molecule has 4 rings (SSSR count). The van der Waals surface area contributed by atoms with Crippen LogP contribution in [0.15, 0.2) is 78.6 Å². The van der Waals surface area contributed by atoms with Crippen molar-refractivity contribution in [1.82, 2.24) is 0 Å². The van der Waals surface area contributed by atoms with E-state index in [1.807, 2.05) is 38.1 Å². The summed E-state index contributed by atoms with van der Waals surface area (Å²) in [4.78, 5) is 25.6. The topological polar surface area (TPSA) is 52.6 Å². The smallest absolute Gasteiger partial charge is 0.345 e. The minimum absolute atomic E-state index is 0.188. The van der Waals surface area contributed by atoms with E-state index < -0.39 is 17.4 Å². The molecule has 0 unspecified atom stereocenters. The van der Waals surface area contributed by atoms with Gasteiger partial charge in [0.05, 0.1) is 39.1 Å². The number of hydrogen-bond acceptors (Lipinski definition) is 4. The summed E-state index contributed by atoms with van der Waals surface area (Å²) in [5.74, 6) is -0.659. The molecule has 4 aromatic rings. The Morgan fingerprint density at radius 3 is 1.20 bits per heavy atom. The van der Waals surface area contributed by atoms with Crippen molar-refractivity contribution in [2.24, 2.45) is 0 Å². The van der Waals surface area contributed by atoms with E-state index in [2.05, 4.69) is 63.7 Å². The molecule has 0 N–H and O–H groups in total. The fourth-order valence-corrected chi connectivity index (χ4v) is 7.48. The van der Waals surface area contributed by atoms with Gasteiger partial charge in [-0.15, -0.1) is 0 Å². The highest BCUT2D eigenvalue weighted by molar-refractivity contribution is 9.11. The van der Waals surface area contributed by atoms with Gasteiger partial charge in [-0.1, -0.05) is 60.3 Å². The largest absolute Gasteiger partial charge is 0.420 e. The minimum Gasteiger partial charge on any atom is -0.420 e. The molecule has 4 nitrogen and oxygen atoms in total. The Morgan fingerprint density at radius 1 is 0.585 bits per heavy atom. The molecule has 0 bridgehead atoms. The molecule has 0 aliphatic carbocycles. The van der Waals surface area contributed by atoms with Gasteiger partial charge >= 0.3 is 11.9 Å². The molecule has 0 aliphatic rings. The monoisotopic (exact) mass is 884 g/mol. The summed E-state index contributed by atoms with van der Waals surface area (Å²) in [6.07, 6.45) is 0. The Morgan fingerprint density at radius 2 is 0.902 bits per heavy atom. The number of carbonyl (C=O) groups excluding carboxylic acids is 2. The first kappa shape index (κ1) is 32.8. The summed E-state index contributed by atoms with van der Waals surface area (Å²) in [5, 5.41) is 1.20. The first-order valence-electron chi connectivity index (χ1n) is 11.5. The van der Waals surface area contributed by atoms with E-state index >= 15 is 0 Å². The SMILES string of the molecule is CC(C)(c1cc(Br)c(OC(=O)c2ccc(Cl)cc2Cl)c(Br)c1)c1cc(Br)c(OC(=O)c2ccc(Cl)cc2Cl)c(Br)c1. The van der Waals surface area contributed by atoms with Gasteiger partial charge in [-0.3, -0.25) is 0 Å². The van der Waals surface area contributed by atoms with Crippen molar-refractivity contribution in [1.29, 1.82) is 0 Å². The third-order valence-corrected chi connectivity index (χ3v) is 9.58. The van der Waals surface area contributed by atoms with Crippen molar-refractivity contribution in [3.05, 3.63) is 121 Å². The lowest BCUT2D eigenvalue weighted by Gasteiger charge is -2.28. The Kier molecular flexibility index (Phi) is 10.6. The predicted molar refractivity (Wildman–Crippen MR) is 179 cm³/mol. The molecule has 0 radical (unpaired) electrons. The lowest BCUT2D eigenvalue weighted by atomic mass is 9.78. The number of benzene rings is 4. The molecule has 0 fully saturated rings. The Balaban J connectivity index is 1.61. The average molecular weight is 890 g/mol. The third-order valence-electron chi connectivity index (χ3n) is 6.13. The summed E-state index contributed by atoms with van der Waals surface area (Å²) in [6.45, 7) is 4.07. The van der Waals surface area contributed by atoms with Crippen molar-refractivity contribution < 1.29 is 19.1 Å². The molecule has 0 saturated heterocycles. The first-order valence-corrected chi connectivity index (χ1v) is 16.2. The summed E-state index contributed by atoms with van der Waals surface area (Å²) < 4.78 is 13.5. The number of halogens is 8. The lowest BCUT2D eigenvalue weighted by Crippen LogP contribution is -2.20. The van der Waals surface area contributed by atoms with E-state index in [1.54, 1.807) is 12.1 Å². The first-order chi connectivity index (χ1) is 19.2. The fraction of sp³-hybridized carbons (Fsp3) is 0.103. The van der Waals surface area contributed by atoms with Gasteiger partial charge in [0.15, 0.2) is 11.5 Å². The Bertz CT molecular complexity index is 1540. The second-order valence-electron chi connectivity index (χ2n) is 9.19. The van der Waals surface area contributed by atoms with E-state index in [-0.39, 0.29) is 21.2 Å². The van der Waals surface area contributed by atoms with Crippen LogP contribution in [0.1, 0.15) is 45.7 Å². The van der Waals surface area contributed by atoms with Crippen LogP contribution in [-0.4, -0.2) is 11.9 Å². The molecule has 0 aliphatic heterocycles. The highest BCUT2D eigenvalue weighted by Gasteiger charge is 2.29. The van der Waals surface area contributed by atoms with Gasteiger partial charge in [0.25, 0.3) is 0 Å². The number of esters is 2. The average Bonchev–Trinajstić information content (AvgIpc) is 2.87. The van der Waals surface area contributed by atoms with Crippen molar-refractivity contribution >= 4 is 122 Å². The standard InChI is InChI=1S/C29H16Br4Cl4O4/c1-29(2,13-7-19(30)25(20(31)8-13)40-27(38)17-5-3-15(34)11-23(17)36)14-9-21(32)26(22(33)10-14)41-28(39)18-6-4-16(35)12-24(18)37/h3-12H,1-2H3. The van der Waals surface area contributed by atoms with Crippen molar-refractivity contribution in [3.63, 3.8) is 0 Å². The molecule has 0 amide bonds. The maximum Gasteiger partial charge on any atom is 0.345 e. The van der Waals surface area contributed by atoms with E-state index in [0.717, 1.165) is 11.1 Å². The summed E-state index contributed by atoms with van der Waals surface area (Å²) >= 11 is 38.4. The van der Waals surface area contributed by atoms with Crippen LogP contribution < -0.4 is 9.47 Å². The molecule has 0 heterocycles. The molecule has 0 aromatic heterocycles. The maximum absolute atomic E-state index is 12.8. The minimum atomic E-state index is -0.627. The quantitative estimate of drug-likeness (QED) is 0.143. The molecule has 212 valence electrons. The van der Waals surface area contributed by atoms with Gasteiger partial charge in [0, 0.05) is 15.5 Å². The van der Waals surface area contributed by atoms with Crippen molar-refractivity contribution in [3.8, 4) is 11.5 Å². The van der Waals surface area contributed by atoms with Crippen LogP contribution in [0.2, 0.25) is 20.1 Å². The van der Waals surface area contributed by atoms with Crippen LogP contribution in [0, 0.1) is 0 Å². The zero-order valence-corrected chi connectivity index (χ0v) is 30.3. The Labute approximate surface area is 290 Å². The normalized spacial score (nSPS) is 11.4. The highest BCUT2D eigenvalue weighted by Crippen LogP contribution is 2.44. The van der Waals surface area contributed by atoms with E-state index in [4.69, 9.17) is 55.9 Å². The van der Waals surface area contributed by atoms with Crippen LogP contribution in [0.4, 0.5) is 0 Å². The van der Waals surface area contributed by atoms with E-state index in [1.165, 1.54) is 24.3 Å². The van der Waals surface area contributed by atoms with Crippen LogP contribution in [0.25, 0.3) is 0 Å². The second kappa shape index (κ2) is 13.3. The van der Waals surface area contributed by atoms with Gasteiger partial charge in [0.1, 0.15) is 0 Å². The van der Waals surface area contributed by atoms with Crippen LogP contribution in [0.5, 0.6) is 11.5 Å². The summed E-state index contributed by atoms with van der Waals surface area (Å²) in [6, 6.07) is 16.6. The fourth-order valence-electron chi connectivity index (χ4n) is 3.81. The summed E-state index contributed by atoms with van der Waals surface area (Å²) in [7, 11) is 0. The number of carbonyl (C=O) groups is 2. The molecular weight excluding hydrogens is 874 g/mol. The van der Waals surface area contributed by atoms with Gasteiger partial charge in [-0.2, -0.15) is 0 Å². The molecule has 0 saturated carbocycles. The lowest BCUT2D eigenvalue weighted by molar-refractivity contribution is 0.0723. The van der Waals surface area contributed by atoms with Crippen LogP contribution in [-0.2, 0) is 5.41 Å².